The van der Waals surface area contributed by atoms with Gasteiger partial charge in [0, 0.05) is 12.0 Å². The SMILES string of the molecule is Cc1ccc(F)cc1C(N)c1cccc2c1OCC2. The molecule has 3 rings (SSSR count). The molecule has 19 heavy (non-hydrogen) atoms. The lowest BCUT2D eigenvalue weighted by Crippen LogP contribution is -2.14. The quantitative estimate of drug-likeness (QED) is 0.897. The Kier molecular flexibility index (Phi) is 2.99. The fourth-order valence-electron chi connectivity index (χ4n) is 2.60. The first-order chi connectivity index (χ1) is 9.16. The minimum atomic E-state index is -0.358. The van der Waals surface area contributed by atoms with E-state index in [1.54, 1.807) is 6.07 Å². The molecule has 0 aliphatic carbocycles. The van der Waals surface area contributed by atoms with E-state index in [2.05, 4.69) is 6.07 Å². The molecule has 3 heteroatoms. The Morgan fingerprint density at radius 3 is 2.89 bits per heavy atom. The van der Waals surface area contributed by atoms with Crippen LogP contribution in [0, 0.1) is 12.7 Å². The Bertz CT molecular complexity index is 624. The maximum atomic E-state index is 13.4. The van der Waals surface area contributed by atoms with Crippen LogP contribution in [0.4, 0.5) is 4.39 Å². The van der Waals surface area contributed by atoms with Crippen LogP contribution in [-0.2, 0) is 6.42 Å². The average Bonchev–Trinajstić information content (AvgIpc) is 2.89. The van der Waals surface area contributed by atoms with E-state index in [-0.39, 0.29) is 11.9 Å². The second kappa shape index (κ2) is 4.67. The van der Waals surface area contributed by atoms with Crippen LogP contribution in [0.15, 0.2) is 36.4 Å². The van der Waals surface area contributed by atoms with Gasteiger partial charge in [0.2, 0.25) is 0 Å². The Hall–Kier alpha value is -1.87. The second-order valence-corrected chi connectivity index (χ2v) is 4.91. The van der Waals surface area contributed by atoms with Crippen LogP contribution in [-0.4, -0.2) is 6.61 Å². The fourth-order valence-corrected chi connectivity index (χ4v) is 2.60. The van der Waals surface area contributed by atoms with Crippen LogP contribution < -0.4 is 10.5 Å². The van der Waals surface area contributed by atoms with Crippen LogP contribution in [0.5, 0.6) is 5.75 Å². The Labute approximate surface area is 112 Å². The van der Waals surface area contributed by atoms with E-state index in [4.69, 9.17) is 10.5 Å². The molecule has 98 valence electrons. The van der Waals surface area contributed by atoms with Gasteiger partial charge < -0.3 is 10.5 Å². The third kappa shape index (κ3) is 2.10. The molecule has 1 aliphatic rings. The van der Waals surface area contributed by atoms with Crippen molar-refractivity contribution in [1.29, 1.82) is 0 Å². The van der Waals surface area contributed by atoms with Crippen molar-refractivity contribution in [2.45, 2.75) is 19.4 Å². The van der Waals surface area contributed by atoms with Gasteiger partial charge in [-0.2, -0.15) is 0 Å². The number of ether oxygens (including phenoxy) is 1. The van der Waals surface area contributed by atoms with Crippen molar-refractivity contribution in [2.75, 3.05) is 6.61 Å². The summed E-state index contributed by atoms with van der Waals surface area (Å²) in [7, 11) is 0. The first kappa shape index (κ1) is 12.2. The topological polar surface area (TPSA) is 35.2 Å². The molecule has 1 atom stereocenters. The van der Waals surface area contributed by atoms with E-state index in [1.165, 1.54) is 17.7 Å². The second-order valence-electron chi connectivity index (χ2n) is 4.91. The highest BCUT2D eigenvalue weighted by atomic mass is 19.1. The van der Waals surface area contributed by atoms with Gasteiger partial charge in [-0.25, -0.2) is 4.39 Å². The summed E-state index contributed by atoms with van der Waals surface area (Å²) in [6.45, 7) is 2.64. The number of nitrogens with two attached hydrogens (primary N) is 1. The van der Waals surface area contributed by atoms with E-state index in [9.17, 15) is 4.39 Å². The summed E-state index contributed by atoms with van der Waals surface area (Å²) in [6.07, 6.45) is 0.915. The standard InChI is InChI=1S/C16H16FNO/c1-10-5-6-12(17)9-14(10)15(18)13-4-2-3-11-7-8-19-16(11)13/h2-6,9,15H,7-8,18H2,1H3. The first-order valence-electron chi connectivity index (χ1n) is 6.43. The minimum Gasteiger partial charge on any atom is -0.493 e. The smallest absolute Gasteiger partial charge is 0.127 e. The van der Waals surface area contributed by atoms with Crippen LogP contribution in [0.2, 0.25) is 0 Å². The molecule has 0 saturated carbocycles. The number of hydrogen-bond donors (Lipinski definition) is 1. The van der Waals surface area contributed by atoms with E-state index < -0.39 is 0 Å². The van der Waals surface area contributed by atoms with Crippen LogP contribution in [0.3, 0.4) is 0 Å². The van der Waals surface area contributed by atoms with Crippen molar-refractivity contribution in [2.24, 2.45) is 5.73 Å². The largest absolute Gasteiger partial charge is 0.493 e. The molecule has 1 unspecified atom stereocenters. The van der Waals surface area contributed by atoms with Gasteiger partial charge in [0.25, 0.3) is 0 Å². The Morgan fingerprint density at radius 1 is 1.21 bits per heavy atom. The monoisotopic (exact) mass is 257 g/mol. The summed E-state index contributed by atoms with van der Waals surface area (Å²) in [4.78, 5) is 0. The minimum absolute atomic E-state index is 0.260. The number of fused-ring (bicyclic) bond motifs is 1. The van der Waals surface area contributed by atoms with Crippen LogP contribution in [0.25, 0.3) is 0 Å². The highest BCUT2D eigenvalue weighted by molar-refractivity contribution is 5.49. The molecule has 2 nitrogen and oxygen atoms in total. The number of hydrogen-bond acceptors (Lipinski definition) is 2. The van der Waals surface area contributed by atoms with Crippen molar-refractivity contribution in [3.63, 3.8) is 0 Å². The highest BCUT2D eigenvalue weighted by Crippen LogP contribution is 2.35. The lowest BCUT2D eigenvalue weighted by atomic mass is 9.93. The summed E-state index contributed by atoms with van der Waals surface area (Å²) in [6, 6.07) is 10.4. The molecule has 0 amide bonds. The summed E-state index contributed by atoms with van der Waals surface area (Å²) in [5, 5.41) is 0. The molecule has 2 N–H and O–H groups in total. The molecule has 2 aromatic carbocycles. The first-order valence-corrected chi connectivity index (χ1v) is 6.43. The zero-order chi connectivity index (χ0) is 13.4. The predicted molar refractivity (Wildman–Crippen MR) is 72.8 cm³/mol. The third-order valence-corrected chi connectivity index (χ3v) is 3.66. The van der Waals surface area contributed by atoms with E-state index in [0.29, 0.717) is 6.61 Å². The third-order valence-electron chi connectivity index (χ3n) is 3.66. The zero-order valence-corrected chi connectivity index (χ0v) is 10.8. The molecule has 0 spiro atoms. The molecule has 0 radical (unpaired) electrons. The van der Waals surface area contributed by atoms with Crippen molar-refractivity contribution < 1.29 is 9.13 Å². The number of halogens is 1. The van der Waals surface area contributed by atoms with E-state index >= 15 is 0 Å². The molecule has 2 aromatic rings. The van der Waals surface area contributed by atoms with Crippen molar-refractivity contribution in [3.8, 4) is 5.75 Å². The Balaban J connectivity index is 2.07. The van der Waals surface area contributed by atoms with Gasteiger partial charge in [-0.3, -0.25) is 0 Å². The summed E-state index contributed by atoms with van der Waals surface area (Å²) in [5.41, 5.74) is 10.2. The predicted octanol–water partition coefficient (Wildman–Crippen LogP) is 3.12. The van der Waals surface area contributed by atoms with E-state index in [1.807, 2.05) is 19.1 Å². The van der Waals surface area contributed by atoms with Gasteiger partial charge in [0.15, 0.2) is 0 Å². The van der Waals surface area contributed by atoms with Crippen molar-refractivity contribution in [3.05, 3.63) is 64.5 Å². The average molecular weight is 257 g/mol. The Morgan fingerprint density at radius 2 is 2.05 bits per heavy atom. The molecular weight excluding hydrogens is 241 g/mol. The zero-order valence-electron chi connectivity index (χ0n) is 10.8. The van der Waals surface area contributed by atoms with Gasteiger partial charge in [0.05, 0.1) is 12.6 Å². The molecule has 1 heterocycles. The maximum absolute atomic E-state index is 13.4. The molecule has 0 fully saturated rings. The van der Waals surface area contributed by atoms with Crippen molar-refractivity contribution >= 4 is 0 Å². The molecular formula is C16H16FNO. The summed E-state index contributed by atoms with van der Waals surface area (Å²) in [5.74, 6) is 0.614. The van der Waals surface area contributed by atoms with Gasteiger partial charge in [-0.15, -0.1) is 0 Å². The highest BCUT2D eigenvalue weighted by Gasteiger charge is 2.22. The molecule has 1 aliphatic heterocycles. The van der Waals surface area contributed by atoms with Crippen LogP contribution >= 0.6 is 0 Å². The molecule has 0 bridgehead atoms. The number of rotatable bonds is 2. The maximum Gasteiger partial charge on any atom is 0.127 e. The van der Waals surface area contributed by atoms with Gasteiger partial charge >= 0.3 is 0 Å². The molecule has 0 saturated heterocycles. The van der Waals surface area contributed by atoms with Gasteiger partial charge in [0.1, 0.15) is 11.6 Å². The number of para-hydroxylation sites is 1. The number of aryl methyl sites for hydroxylation is 1. The van der Waals surface area contributed by atoms with E-state index in [0.717, 1.165) is 28.9 Å². The van der Waals surface area contributed by atoms with Gasteiger partial charge in [-0.05, 0) is 35.7 Å². The lowest BCUT2D eigenvalue weighted by Gasteiger charge is -2.18. The summed E-state index contributed by atoms with van der Waals surface area (Å²) < 4.78 is 19.1. The van der Waals surface area contributed by atoms with Gasteiger partial charge in [-0.1, -0.05) is 24.3 Å². The fraction of sp³-hybridized carbons (Fsp3) is 0.250. The normalized spacial score (nSPS) is 14.9. The lowest BCUT2D eigenvalue weighted by molar-refractivity contribution is 0.352. The van der Waals surface area contributed by atoms with Crippen LogP contribution in [0.1, 0.15) is 28.3 Å². The number of benzene rings is 2. The molecule has 0 aromatic heterocycles. The van der Waals surface area contributed by atoms with Crippen molar-refractivity contribution in [1.82, 2.24) is 0 Å². The summed E-state index contributed by atoms with van der Waals surface area (Å²) >= 11 is 0.